The van der Waals surface area contributed by atoms with Gasteiger partial charge in [-0.1, -0.05) is 29.3 Å². The molecule has 0 bridgehead atoms. The fourth-order valence-electron chi connectivity index (χ4n) is 2.10. The van der Waals surface area contributed by atoms with Crippen molar-refractivity contribution in [3.63, 3.8) is 0 Å². The summed E-state index contributed by atoms with van der Waals surface area (Å²) in [5, 5.41) is 3.03. The summed E-state index contributed by atoms with van der Waals surface area (Å²) in [7, 11) is 0. The fourth-order valence-corrected chi connectivity index (χ4v) is 2.48. The highest BCUT2D eigenvalue weighted by Gasteiger charge is 2.37. The Labute approximate surface area is 122 Å². The van der Waals surface area contributed by atoms with Crippen molar-refractivity contribution in [2.75, 3.05) is 5.73 Å². The molecule has 3 N–H and O–H groups in total. The van der Waals surface area contributed by atoms with E-state index in [1.54, 1.807) is 12.1 Å². The third-order valence-corrected chi connectivity index (χ3v) is 3.65. The minimum absolute atomic E-state index is 0. The summed E-state index contributed by atoms with van der Waals surface area (Å²) in [6, 6.07) is 5.70. The second-order valence-electron chi connectivity index (χ2n) is 4.60. The first kappa shape index (κ1) is 15.3. The molecule has 1 aliphatic rings. The van der Waals surface area contributed by atoms with Gasteiger partial charge in [-0.3, -0.25) is 4.79 Å². The molecule has 1 amide bonds. The highest BCUT2D eigenvalue weighted by Crippen LogP contribution is 2.34. The van der Waals surface area contributed by atoms with Gasteiger partial charge in [0.25, 0.3) is 5.91 Å². The lowest BCUT2D eigenvalue weighted by atomic mass is 10.1. The Morgan fingerprint density at radius 1 is 1.56 bits per heavy atom. The molecule has 2 unspecified atom stereocenters. The SMILES string of the molecule is CCCC1CC1NC(=O)c1ccc(Br)cc1N.Cl. The molecule has 5 heteroatoms. The van der Waals surface area contributed by atoms with Gasteiger partial charge >= 0.3 is 0 Å². The van der Waals surface area contributed by atoms with E-state index in [0.717, 1.165) is 10.9 Å². The van der Waals surface area contributed by atoms with Crippen LogP contribution < -0.4 is 11.1 Å². The lowest BCUT2D eigenvalue weighted by Gasteiger charge is -2.07. The number of nitrogens with two attached hydrogens (primary N) is 1. The van der Waals surface area contributed by atoms with E-state index in [4.69, 9.17) is 5.73 Å². The smallest absolute Gasteiger partial charge is 0.253 e. The number of anilines is 1. The molecular weight excluding hydrogens is 316 g/mol. The van der Waals surface area contributed by atoms with Gasteiger partial charge in [-0.25, -0.2) is 0 Å². The van der Waals surface area contributed by atoms with Gasteiger partial charge < -0.3 is 11.1 Å². The molecular formula is C13H18BrClN2O. The third-order valence-electron chi connectivity index (χ3n) is 3.16. The summed E-state index contributed by atoms with van der Waals surface area (Å²) < 4.78 is 0.891. The maximum atomic E-state index is 12.0. The lowest BCUT2D eigenvalue weighted by Crippen LogP contribution is -2.27. The van der Waals surface area contributed by atoms with E-state index in [-0.39, 0.29) is 18.3 Å². The van der Waals surface area contributed by atoms with E-state index in [0.29, 0.717) is 23.2 Å². The van der Waals surface area contributed by atoms with E-state index in [9.17, 15) is 4.79 Å². The Kier molecular flexibility index (Phi) is 5.47. The Bertz CT molecular complexity index is 439. The second kappa shape index (κ2) is 6.43. The number of carbonyl (C=O) groups is 1. The minimum Gasteiger partial charge on any atom is -0.398 e. The van der Waals surface area contributed by atoms with Crippen LogP contribution in [0.1, 0.15) is 36.5 Å². The summed E-state index contributed by atoms with van der Waals surface area (Å²) in [5.74, 6) is 0.610. The molecule has 0 radical (unpaired) electrons. The van der Waals surface area contributed by atoms with Crippen molar-refractivity contribution < 1.29 is 4.79 Å². The van der Waals surface area contributed by atoms with Gasteiger partial charge in [0.2, 0.25) is 0 Å². The monoisotopic (exact) mass is 332 g/mol. The zero-order valence-electron chi connectivity index (χ0n) is 10.3. The van der Waals surface area contributed by atoms with Crippen LogP contribution in [-0.2, 0) is 0 Å². The van der Waals surface area contributed by atoms with Gasteiger partial charge in [-0.2, -0.15) is 0 Å². The van der Waals surface area contributed by atoms with Gasteiger partial charge in [0, 0.05) is 16.2 Å². The van der Waals surface area contributed by atoms with Crippen molar-refractivity contribution >= 4 is 39.9 Å². The summed E-state index contributed by atoms with van der Waals surface area (Å²) >= 11 is 3.33. The molecule has 2 rings (SSSR count). The standard InChI is InChI=1S/C13H17BrN2O.ClH/c1-2-3-8-6-12(8)16-13(17)10-5-4-9(14)7-11(10)15;/h4-5,7-8,12H,2-3,6,15H2,1H3,(H,16,17);1H. The molecule has 0 saturated heterocycles. The maximum Gasteiger partial charge on any atom is 0.253 e. The van der Waals surface area contributed by atoms with Crippen molar-refractivity contribution in [2.45, 2.75) is 32.2 Å². The van der Waals surface area contributed by atoms with Crippen molar-refractivity contribution in [2.24, 2.45) is 5.92 Å². The summed E-state index contributed by atoms with van der Waals surface area (Å²) in [6.45, 7) is 2.17. The number of nitrogen functional groups attached to an aromatic ring is 1. The number of amides is 1. The van der Waals surface area contributed by atoms with Gasteiger partial charge in [-0.05, 0) is 37.0 Å². The molecule has 1 fully saturated rings. The van der Waals surface area contributed by atoms with Crippen molar-refractivity contribution in [1.29, 1.82) is 0 Å². The molecule has 0 aliphatic heterocycles. The number of rotatable bonds is 4. The van der Waals surface area contributed by atoms with Crippen LogP contribution in [0, 0.1) is 5.92 Å². The second-order valence-corrected chi connectivity index (χ2v) is 5.51. The van der Waals surface area contributed by atoms with Crippen LogP contribution in [0.5, 0.6) is 0 Å². The summed E-state index contributed by atoms with van der Waals surface area (Å²) in [5.41, 5.74) is 6.90. The molecule has 0 heterocycles. The van der Waals surface area contributed by atoms with E-state index >= 15 is 0 Å². The lowest BCUT2D eigenvalue weighted by molar-refractivity contribution is 0.0949. The molecule has 1 aliphatic carbocycles. The van der Waals surface area contributed by atoms with Crippen LogP contribution in [0.2, 0.25) is 0 Å². The molecule has 1 saturated carbocycles. The van der Waals surface area contributed by atoms with Crippen LogP contribution in [0.4, 0.5) is 5.69 Å². The van der Waals surface area contributed by atoms with E-state index in [1.807, 2.05) is 6.07 Å². The third kappa shape index (κ3) is 3.62. The molecule has 0 spiro atoms. The molecule has 1 aromatic carbocycles. The molecule has 100 valence electrons. The van der Waals surface area contributed by atoms with E-state index in [2.05, 4.69) is 28.2 Å². The normalized spacial score (nSPS) is 21.0. The number of hydrogen-bond acceptors (Lipinski definition) is 2. The van der Waals surface area contributed by atoms with Gasteiger partial charge in [0.15, 0.2) is 0 Å². The van der Waals surface area contributed by atoms with Crippen LogP contribution in [0.15, 0.2) is 22.7 Å². The number of hydrogen-bond donors (Lipinski definition) is 2. The quantitative estimate of drug-likeness (QED) is 0.830. The van der Waals surface area contributed by atoms with Crippen molar-refractivity contribution in [3.05, 3.63) is 28.2 Å². The number of benzene rings is 1. The predicted octanol–water partition coefficient (Wildman–Crippen LogP) is 3.37. The van der Waals surface area contributed by atoms with Crippen LogP contribution in [0.3, 0.4) is 0 Å². The largest absolute Gasteiger partial charge is 0.398 e. The van der Waals surface area contributed by atoms with E-state index in [1.165, 1.54) is 12.8 Å². The molecule has 18 heavy (non-hydrogen) atoms. The Morgan fingerprint density at radius 2 is 2.28 bits per heavy atom. The Balaban J connectivity index is 0.00000162. The van der Waals surface area contributed by atoms with Gasteiger partial charge in [0.1, 0.15) is 0 Å². The Morgan fingerprint density at radius 3 is 2.89 bits per heavy atom. The van der Waals surface area contributed by atoms with Crippen LogP contribution >= 0.6 is 28.3 Å². The summed E-state index contributed by atoms with van der Waals surface area (Å²) in [6.07, 6.45) is 3.48. The zero-order valence-corrected chi connectivity index (χ0v) is 12.7. The van der Waals surface area contributed by atoms with Crippen LogP contribution in [0.25, 0.3) is 0 Å². The molecule has 1 aromatic rings. The first-order valence-corrected chi connectivity index (χ1v) is 6.77. The van der Waals surface area contributed by atoms with Gasteiger partial charge in [-0.15, -0.1) is 12.4 Å². The van der Waals surface area contributed by atoms with Crippen molar-refractivity contribution in [1.82, 2.24) is 5.32 Å². The first-order chi connectivity index (χ1) is 8.11. The predicted molar refractivity (Wildman–Crippen MR) is 80.1 cm³/mol. The van der Waals surface area contributed by atoms with Crippen molar-refractivity contribution in [3.8, 4) is 0 Å². The fraction of sp³-hybridized carbons (Fsp3) is 0.462. The molecule has 3 nitrogen and oxygen atoms in total. The van der Waals surface area contributed by atoms with Gasteiger partial charge in [0.05, 0.1) is 5.56 Å². The Hall–Kier alpha value is -0.740. The topological polar surface area (TPSA) is 55.1 Å². The number of carbonyl (C=O) groups excluding carboxylic acids is 1. The molecule has 0 aromatic heterocycles. The number of nitrogens with one attached hydrogen (secondary N) is 1. The summed E-state index contributed by atoms with van der Waals surface area (Å²) in [4.78, 5) is 12.0. The average molecular weight is 334 g/mol. The zero-order chi connectivity index (χ0) is 12.4. The highest BCUT2D eigenvalue weighted by atomic mass is 79.9. The van der Waals surface area contributed by atoms with Crippen LogP contribution in [-0.4, -0.2) is 11.9 Å². The average Bonchev–Trinajstić information content (AvgIpc) is 2.96. The maximum absolute atomic E-state index is 12.0. The molecule has 2 atom stereocenters. The number of halogens is 2. The highest BCUT2D eigenvalue weighted by molar-refractivity contribution is 9.10. The first-order valence-electron chi connectivity index (χ1n) is 5.97. The minimum atomic E-state index is -0.0568. The van der Waals surface area contributed by atoms with E-state index < -0.39 is 0 Å².